The number of rotatable bonds is 9. The number of ether oxygens (including phenoxy) is 1. The number of halogens is 2. The number of anilines is 1. The first-order valence-electron chi connectivity index (χ1n) is 14.2. The van der Waals surface area contributed by atoms with E-state index in [0.29, 0.717) is 64.7 Å². The Labute approximate surface area is 273 Å². The summed E-state index contributed by atoms with van der Waals surface area (Å²) in [4.78, 5) is 39.9. The van der Waals surface area contributed by atoms with Crippen molar-refractivity contribution in [3.8, 4) is 16.9 Å². The number of aromatic nitrogens is 6. The average molecular weight is 667 g/mol. The number of amides is 3. The topological polar surface area (TPSA) is 177 Å². The van der Waals surface area contributed by atoms with Gasteiger partial charge in [-0.3, -0.25) is 14.9 Å². The maximum Gasteiger partial charge on any atom is 0.411 e. The minimum absolute atomic E-state index is 0.0136. The molecule has 14 nitrogen and oxygen atoms in total. The summed E-state index contributed by atoms with van der Waals surface area (Å²) >= 11 is 12.7. The van der Waals surface area contributed by atoms with Crippen LogP contribution in [0.25, 0.3) is 23.0 Å². The summed E-state index contributed by atoms with van der Waals surface area (Å²) in [5.74, 6) is -0.730. The molecule has 0 saturated carbocycles. The summed E-state index contributed by atoms with van der Waals surface area (Å²) < 4.78 is 6.06. The first-order valence-corrected chi connectivity index (χ1v) is 14.9. The van der Waals surface area contributed by atoms with E-state index in [0.717, 1.165) is 0 Å². The first-order chi connectivity index (χ1) is 22.2. The van der Waals surface area contributed by atoms with E-state index in [2.05, 4.69) is 41.1 Å². The zero-order valence-corrected chi connectivity index (χ0v) is 26.0. The number of likely N-dealkylation sites (tertiary alicyclic amines) is 1. The molecule has 2 aromatic heterocycles. The molecule has 1 aliphatic rings. The fraction of sp³-hybridized carbons (Fsp3) is 0.267. The van der Waals surface area contributed by atoms with Crippen LogP contribution in [0, 0.1) is 0 Å². The number of piperidine rings is 1. The van der Waals surface area contributed by atoms with Gasteiger partial charge in [0.25, 0.3) is 0 Å². The van der Waals surface area contributed by atoms with Gasteiger partial charge in [0.2, 0.25) is 11.8 Å². The van der Waals surface area contributed by atoms with Crippen LogP contribution < -0.4 is 10.6 Å². The van der Waals surface area contributed by atoms with E-state index in [1.54, 1.807) is 59.5 Å². The van der Waals surface area contributed by atoms with Gasteiger partial charge in [0, 0.05) is 46.6 Å². The average Bonchev–Trinajstić information content (AvgIpc) is 3.59. The van der Waals surface area contributed by atoms with Crippen molar-refractivity contribution in [2.45, 2.75) is 31.4 Å². The molecule has 1 fully saturated rings. The summed E-state index contributed by atoms with van der Waals surface area (Å²) in [6, 6.07) is 12.6. The Bertz CT molecular complexity index is 1730. The lowest BCUT2D eigenvalue weighted by Crippen LogP contribution is -2.42. The second-order valence-corrected chi connectivity index (χ2v) is 11.1. The third kappa shape index (κ3) is 8.21. The highest BCUT2D eigenvalue weighted by Crippen LogP contribution is 2.29. The van der Waals surface area contributed by atoms with Gasteiger partial charge < -0.3 is 20.1 Å². The molecule has 16 heteroatoms. The van der Waals surface area contributed by atoms with Crippen molar-refractivity contribution in [2.75, 3.05) is 25.5 Å². The van der Waals surface area contributed by atoms with E-state index < -0.39 is 24.1 Å². The molecule has 0 aliphatic carbocycles. The Kier molecular flexibility index (Phi) is 10.5. The number of carbonyl (C=O) groups excluding carboxylic acids is 3. The molecule has 1 atom stereocenters. The molecule has 5 rings (SSSR count). The van der Waals surface area contributed by atoms with Crippen LogP contribution in [0.5, 0.6) is 0 Å². The van der Waals surface area contributed by atoms with E-state index in [-0.39, 0.29) is 17.5 Å². The number of methoxy groups -OCH3 is 1. The summed E-state index contributed by atoms with van der Waals surface area (Å²) in [6.07, 6.45) is 4.05. The smallest absolute Gasteiger partial charge is 0.411 e. The maximum absolute atomic E-state index is 13.4. The van der Waals surface area contributed by atoms with Gasteiger partial charge in [-0.25, -0.2) is 4.79 Å². The molecule has 0 radical (unpaired) electrons. The van der Waals surface area contributed by atoms with E-state index >= 15 is 0 Å². The molecule has 0 bridgehead atoms. The Balaban J connectivity index is 1.41. The monoisotopic (exact) mass is 665 g/mol. The quantitative estimate of drug-likeness (QED) is 0.222. The molecular weight excluding hydrogens is 637 g/mol. The highest BCUT2D eigenvalue weighted by molar-refractivity contribution is 6.31. The van der Waals surface area contributed by atoms with E-state index in [1.165, 1.54) is 24.2 Å². The van der Waals surface area contributed by atoms with Crippen LogP contribution in [0.3, 0.4) is 0 Å². The summed E-state index contributed by atoms with van der Waals surface area (Å²) in [7, 11) is 1.27. The first kappa shape index (κ1) is 32.5. The Morgan fingerprint density at radius 3 is 2.54 bits per heavy atom. The van der Waals surface area contributed by atoms with Crippen LogP contribution in [-0.4, -0.2) is 84.6 Å². The van der Waals surface area contributed by atoms with Gasteiger partial charge >= 0.3 is 6.09 Å². The molecule has 3 amide bonds. The number of nitrogens with one attached hydrogen (secondary N) is 2. The third-order valence-corrected chi connectivity index (χ3v) is 7.80. The summed E-state index contributed by atoms with van der Waals surface area (Å²) in [6.45, 7) is 0.795. The molecule has 4 aromatic rings. The fourth-order valence-corrected chi connectivity index (χ4v) is 5.26. The third-order valence-electron chi connectivity index (χ3n) is 7.28. The lowest BCUT2D eigenvalue weighted by atomic mass is 10.0. The Morgan fingerprint density at radius 1 is 1.09 bits per heavy atom. The number of aliphatic hydroxyl groups is 1. The molecule has 1 unspecified atom stereocenters. The van der Waals surface area contributed by atoms with Gasteiger partial charge in [-0.05, 0) is 65.7 Å². The van der Waals surface area contributed by atoms with Gasteiger partial charge in [0.05, 0.1) is 37.1 Å². The lowest BCUT2D eigenvalue weighted by molar-refractivity contribution is -0.133. The van der Waals surface area contributed by atoms with Crippen molar-refractivity contribution in [1.29, 1.82) is 0 Å². The van der Waals surface area contributed by atoms with Gasteiger partial charge in [-0.15, -0.1) is 15.3 Å². The van der Waals surface area contributed by atoms with Gasteiger partial charge in [-0.2, -0.15) is 4.68 Å². The normalized spacial score (nSPS) is 14.2. The second-order valence-electron chi connectivity index (χ2n) is 10.3. The van der Waals surface area contributed by atoms with E-state index in [4.69, 9.17) is 23.2 Å². The summed E-state index contributed by atoms with van der Waals surface area (Å²) in [5, 5.41) is 35.4. The zero-order valence-electron chi connectivity index (χ0n) is 24.5. The van der Waals surface area contributed by atoms with Crippen molar-refractivity contribution < 1.29 is 24.2 Å². The van der Waals surface area contributed by atoms with Gasteiger partial charge in [0.1, 0.15) is 6.33 Å². The van der Waals surface area contributed by atoms with Crippen molar-refractivity contribution in [2.24, 2.45) is 0 Å². The Hall–Kier alpha value is -4.92. The molecule has 2 aromatic carbocycles. The number of hydrogen-bond donors (Lipinski definition) is 3. The number of carbonyl (C=O) groups is 3. The predicted molar refractivity (Wildman–Crippen MR) is 169 cm³/mol. The van der Waals surface area contributed by atoms with Crippen molar-refractivity contribution in [3.63, 3.8) is 0 Å². The number of benzene rings is 2. The van der Waals surface area contributed by atoms with Crippen LogP contribution in [0.4, 0.5) is 10.5 Å². The molecule has 3 N–H and O–H groups in total. The fourth-order valence-electron chi connectivity index (χ4n) is 4.85. The molecule has 0 spiro atoms. The minimum Gasteiger partial charge on any atom is -0.453 e. The van der Waals surface area contributed by atoms with Crippen LogP contribution >= 0.6 is 23.2 Å². The van der Waals surface area contributed by atoms with Crippen LogP contribution in [0.1, 0.15) is 36.4 Å². The number of aliphatic hydroxyl groups excluding tert-OH is 1. The largest absolute Gasteiger partial charge is 0.453 e. The second kappa shape index (κ2) is 14.9. The predicted octanol–water partition coefficient (Wildman–Crippen LogP) is 3.85. The van der Waals surface area contributed by atoms with Crippen LogP contribution in [0.2, 0.25) is 10.2 Å². The van der Waals surface area contributed by atoms with Crippen LogP contribution in [0.15, 0.2) is 60.9 Å². The molecule has 238 valence electrons. The number of nitrogens with zero attached hydrogens (tertiary/aromatic N) is 7. The highest BCUT2D eigenvalue weighted by atomic mass is 35.5. The number of tetrazole rings is 1. The standard InChI is InChI=1S/C30H29Cl2N9O5/c1-46-30(45)34-21-6-2-18(3-7-21)24-15-23(29(32)37-36-24)25(16-28(44)40-12-10-22(42)11-13-40)35-27(43)9-4-19-14-20(31)5-8-26(19)41-17-33-38-39-41/h2-9,14-15,17,22,25,42H,10-13,16H2,1H3,(H,34,45)(H,35,43). The van der Waals surface area contributed by atoms with Crippen molar-refractivity contribution >= 4 is 52.9 Å². The SMILES string of the molecule is COC(=O)Nc1ccc(-c2cc(C(CC(=O)N3CCC(O)CC3)NC(=O)C=Cc3cc(Cl)ccc3-n3cnnn3)c(Cl)nn2)cc1. The van der Waals surface area contributed by atoms with Crippen molar-refractivity contribution in [3.05, 3.63) is 82.2 Å². The van der Waals surface area contributed by atoms with Crippen molar-refractivity contribution in [1.82, 2.24) is 40.6 Å². The zero-order chi connectivity index (χ0) is 32.6. The van der Waals surface area contributed by atoms with E-state index in [9.17, 15) is 19.5 Å². The summed E-state index contributed by atoms with van der Waals surface area (Å²) in [5.41, 5.74) is 3.14. The van der Waals surface area contributed by atoms with Gasteiger partial charge in [0.15, 0.2) is 5.15 Å². The Morgan fingerprint density at radius 2 is 1.85 bits per heavy atom. The van der Waals surface area contributed by atoms with Crippen LogP contribution in [-0.2, 0) is 14.3 Å². The minimum atomic E-state index is -0.878. The molecule has 3 heterocycles. The highest BCUT2D eigenvalue weighted by Gasteiger charge is 2.27. The molecular formula is C30H29Cl2N9O5. The molecule has 1 aliphatic heterocycles. The van der Waals surface area contributed by atoms with Gasteiger partial charge in [-0.1, -0.05) is 35.3 Å². The maximum atomic E-state index is 13.4. The lowest BCUT2D eigenvalue weighted by Gasteiger charge is -2.31. The number of hydrogen-bond acceptors (Lipinski definition) is 10. The molecule has 46 heavy (non-hydrogen) atoms. The van der Waals surface area contributed by atoms with E-state index in [1.807, 2.05) is 0 Å². The molecule has 1 saturated heterocycles.